The van der Waals surface area contributed by atoms with Gasteiger partial charge in [-0.1, -0.05) is 6.07 Å². The first kappa shape index (κ1) is 11.3. The Hall–Kier alpha value is -1.82. The summed E-state index contributed by atoms with van der Waals surface area (Å²) >= 11 is 0. The summed E-state index contributed by atoms with van der Waals surface area (Å²) in [6.07, 6.45) is 3.22. The molecule has 1 aliphatic rings. The number of aromatic amines is 1. The summed E-state index contributed by atoms with van der Waals surface area (Å²) < 4.78 is 26.4. The molecule has 3 rings (SSSR count). The van der Waals surface area contributed by atoms with Gasteiger partial charge in [-0.15, -0.1) is 0 Å². The number of H-pyrrole nitrogens is 1. The molecule has 0 radical (unpaired) electrons. The van der Waals surface area contributed by atoms with Gasteiger partial charge in [0, 0.05) is 23.0 Å². The molecule has 0 unspecified atom stereocenters. The monoisotopic (exact) mass is 264 g/mol. The number of rotatable bonds is 3. The van der Waals surface area contributed by atoms with Crippen molar-refractivity contribution in [2.75, 3.05) is 0 Å². The Bertz CT molecular complexity index is 714. The summed E-state index contributed by atoms with van der Waals surface area (Å²) in [7, 11) is -3.78. The number of benzene rings is 1. The normalized spacial score (nSPS) is 15.8. The molecule has 0 spiro atoms. The Morgan fingerprint density at radius 1 is 1.28 bits per heavy atom. The van der Waals surface area contributed by atoms with Crippen LogP contribution in [0.2, 0.25) is 0 Å². The third-order valence-corrected chi connectivity index (χ3v) is 4.43. The fourth-order valence-electron chi connectivity index (χ4n) is 1.91. The van der Waals surface area contributed by atoms with Gasteiger partial charge in [0.1, 0.15) is 0 Å². The lowest BCUT2D eigenvalue weighted by molar-refractivity contribution is -0.120. The van der Waals surface area contributed by atoms with Crippen molar-refractivity contribution in [1.82, 2.24) is 9.71 Å². The maximum atomic E-state index is 12.1. The highest BCUT2D eigenvalue weighted by Gasteiger charge is 2.33. The third-order valence-electron chi connectivity index (χ3n) is 3.03. The first-order valence-electron chi connectivity index (χ1n) is 5.71. The van der Waals surface area contributed by atoms with Crippen LogP contribution in [0.3, 0.4) is 0 Å². The number of carbonyl (C=O) groups is 1. The molecule has 2 aromatic rings. The summed E-state index contributed by atoms with van der Waals surface area (Å²) in [5.41, 5.74) is 0.733. The van der Waals surface area contributed by atoms with Crippen LogP contribution in [0.15, 0.2) is 35.4 Å². The molecule has 1 amide bonds. The minimum atomic E-state index is -3.78. The van der Waals surface area contributed by atoms with E-state index in [1.807, 2.05) is 0 Å². The highest BCUT2D eigenvalue weighted by molar-refractivity contribution is 7.90. The fraction of sp³-hybridized carbons (Fsp3) is 0.250. The fourth-order valence-corrected chi connectivity index (χ4v) is 3.17. The Labute approximate surface area is 104 Å². The van der Waals surface area contributed by atoms with Crippen LogP contribution in [-0.4, -0.2) is 19.3 Å². The van der Waals surface area contributed by atoms with E-state index in [4.69, 9.17) is 0 Å². The molecule has 5 nitrogen and oxygen atoms in total. The van der Waals surface area contributed by atoms with Crippen molar-refractivity contribution in [3.05, 3.63) is 30.5 Å². The number of sulfonamides is 1. The van der Waals surface area contributed by atoms with Crippen molar-refractivity contribution in [2.45, 2.75) is 17.7 Å². The average Bonchev–Trinajstić information content (AvgIpc) is 3.06. The number of carbonyl (C=O) groups excluding carboxylic acids is 1. The van der Waals surface area contributed by atoms with Gasteiger partial charge in [0.25, 0.3) is 10.0 Å². The lowest BCUT2D eigenvalue weighted by atomic mass is 10.2. The summed E-state index contributed by atoms with van der Waals surface area (Å²) in [6, 6.07) is 6.62. The van der Waals surface area contributed by atoms with Crippen molar-refractivity contribution in [1.29, 1.82) is 0 Å². The Morgan fingerprint density at radius 2 is 2.06 bits per heavy atom. The molecular weight excluding hydrogens is 252 g/mol. The molecule has 1 fully saturated rings. The lowest BCUT2D eigenvalue weighted by Gasteiger charge is -2.07. The van der Waals surface area contributed by atoms with E-state index in [1.165, 1.54) is 6.07 Å². The number of amides is 1. The average molecular weight is 264 g/mol. The minimum absolute atomic E-state index is 0.134. The highest BCUT2D eigenvalue weighted by atomic mass is 32.2. The predicted molar refractivity (Wildman–Crippen MR) is 66.4 cm³/mol. The van der Waals surface area contributed by atoms with Gasteiger partial charge in [0.2, 0.25) is 5.91 Å². The summed E-state index contributed by atoms with van der Waals surface area (Å²) in [5, 5.41) is 0.591. The van der Waals surface area contributed by atoms with Crippen LogP contribution < -0.4 is 4.72 Å². The molecule has 2 N–H and O–H groups in total. The molecule has 1 aliphatic carbocycles. The topological polar surface area (TPSA) is 79.0 Å². The molecule has 94 valence electrons. The van der Waals surface area contributed by atoms with Crippen molar-refractivity contribution in [2.24, 2.45) is 5.92 Å². The van der Waals surface area contributed by atoms with Gasteiger partial charge in [-0.3, -0.25) is 4.79 Å². The molecule has 0 atom stereocenters. The van der Waals surface area contributed by atoms with Crippen LogP contribution in [0.25, 0.3) is 10.9 Å². The lowest BCUT2D eigenvalue weighted by Crippen LogP contribution is -2.31. The number of fused-ring (bicyclic) bond motifs is 1. The van der Waals surface area contributed by atoms with Crippen molar-refractivity contribution >= 4 is 26.8 Å². The maximum absolute atomic E-state index is 12.1. The van der Waals surface area contributed by atoms with E-state index < -0.39 is 15.9 Å². The summed E-state index contributed by atoms with van der Waals surface area (Å²) in [5.74, 6) is -0.534. The van der Waals surface area contributed by atoms with Crippen LogP contribution >= 0.6 is 0 Å². The predicted octanol–water partition coefficient (Wildman–Crippen LogP) is 1.38. The largest absolute Gasteiger partial charge is 0.361 e. The van der Waals surface area contributed by atoms with E-state index in [2.05, 4.69) is 9.71 Å². The molecule has 0 bridgehead atoms. The van der Waals surface area contributed by atoms with Crippen LogP contribution in [0, 0.1) is 5.92 Å². The Morgan fingerprint density at radius 3 is 2.78 bits per heavy atom. The van der Waals surface area contributed by atoms with Crippen LogP contribution in [-0.2, 0) is 14.8 Å². The van der Waals surface area contributed by atoms with E-state index in [-0.39, 0.29) is 10.8 Å². The van der Waals surface area contributed by atoms with Gasteiger partial charge >= 0.3 is 0 Å². The number of hydrogen-bond donors (Lipinski definition) is 2. The van der Waals surface area contributed by atoms with Crippen LogP contribution in [0.4, 0.5) is 0 Å². The molecule has 18 heavy (non-hydrogen) atoms. The van der Waals surface area contributed by atoms with E-state index in [1.54, 1.807) is 24.4 Å². The first-order valence-corrected chi connectivity index (χ1v) is 7.19. The van der Waals surface area contributed by atoms with Gasteiger partial charge in [0.05, 0.1) is 4.90 Å². The quantitative estimate of drug-likeness (QED) is 0.879. The van der Waals surface area contributed by atoms with Crippen molar-refractivity contribution < 1.29 is 13.2 Å². The first-order chi connectivity index (χ1) is 8.58. The van der Waals surface area contributed by atoms with E-state index in [0.717, 1.165) is 18.4 Å². The van der Waals surface area contributed by atoms with Gasteiger partial charge < -0.3 is 4.98 Å². The second kappa shape index (κ2) is 3.84. The minimum Gasteiger partial charge on any atom is -0.361 e. The number of hydrogen-bond acceptors (Lipinski definition) is 3. The van der Waals surface area contributed by atoms with Crippen LogP contribution in [0.1, 0.15) is 12.8 Å². The zero-order valence-electron chi connectivity index (χ0n) is 9.51. The zero-order valence-corrected chi connectivity index (χ0v) is 10.3. The number of aromatic nitrogens is 1. The summed E-state index contributed by atoms with van der Waals surface area (Å²) in [4.78, 5) is 14.6. The smallest absolute Gasteiger partial charge is 0.264 e. The van der Waals surface area contributed by atoms with E-state index >= 15 is 0 Å². The molecular formula is C12H12N2O3S. The van der Waals surface area contributed by atoms with Crippen LogP contribution in [0.5, 0.6) is 0 Å². The molecule has 1 aromatic carbocycles. The Balaban J connectivity index is 2.02. The SMILES string of the molecule is O=C(NS(=O)(=O)c1cccc2[nH]ccc12)C1CC1. The third kappa shape index (κ3) is 1.88. The summed E-state index contributed by atoms with van der Waals surface area (Å²) in [6.45, 7) is 0. The molecule has 0 aliphatic heterocycles. The van der Waals surface area contributed by atoms with Crippen molar-refractivity contribution in [3.8, 4) is 0 Å². The molecule has 1 aromatic heterocycles. The second-order valence-electron chi connectivity index (χ2n) is 4.44. The molecule has 6 heteroatoms. The maximum Gasteiger partial charge on any atom is 0.264 e. The molecule has 0 saturated heterocycles. The highest BCUT2D eigenvalue weighted by Crippen LogP contribution is 2.30. The standard InChI is InChI=1S/C12H12N2O3S/c15-12(8-4-5-8)14-18(16,17)11-3-1-2-10-9(11)6-7-13-10/h1-3,6-8,13H,4-5H2,(H,14,15). The van der Waals surface area contributed by atoms with Gasteiger partial charge in [-0.05, 0) is 31.0 Å². The van der Waals surface area contributed by atoms with Crippen molar-refractivity contribution in [3.63, 3.8) is 0 Å². The molecule has 1 saturated carbocycles. The van der Waals surface area contributed by atoms with Gasteiger partial charge in [0.15, 0.2) is 0 Å². The second-order valence-corrected chi connectivity index (χ2v) is 6.09. The number of nitrogens with one attached hydrogen (secondary N) is 2. The zero-order chi connectivity index (χ0) is 12.8. The molecule has 1 heterocycles. The van der Waals surface area contributed by atoms with E-state index in [0.29, 0.717) is 5.39 Å². The van der Waals surface area contributed by atoms with Gasteiger partial charge in [-0.25, -0.2) is 13.1 Å². The van der Waals surface area contributed by atoms with E-state index in [9.17, 15) is 13.2 Å². The Kier molecular flexibility index (Phi) is 2.41. The van der Waals surface area contributed by atoms with Gasteiger partial charge in [-0.2, -0.15) is 0 Å².